The van der Waals surface area contributed by atoms with E-state index in [1.807, 2.05) is 28.1 Å². The highest BCUT2D eigenvalue weighted by Crippen LogP contribution is 2.53. The molecule has 0 heterocycles. The zero-order chi connectivity index (χ0) is 41.6. The van der Waals surface area contributed by atoms with Crippen molar-refractivity contribution in [3.8, 4) is 11.5 Å². The maximum Gasteiger partial charge on any atom is 0.224 e. The molecule has 0 radical (unpaired) electrons. The number of aliphatic hydroxyl groups is 2. The fourth-order valence-corrected chi connectivity index (χ4v) is 8.52. The number of methoxy groups -OCH3 is 1. The summed E-state index contributed by atoms with van der Waals surface area (Å²) in [5, 5.41) is 43.8. The molecule has 6 rings (SSSR count). The van der Waals surface area contributed by atoms with E-state index < -0.39 is 18.6 Å². The Hall–Kier alpha value is -4.88. The van der Waals surface area contributed by atoms with Crippen LogP contribution in [0.5, 0.6) is 11.5 Å². The van der Waals surface area contributed by atoms with Crippen LogP contribution in [-0.2, 0) is 35.6 Å². The number of hydrogen-bond acceptors (Lipinski definition) is 9. The Kier molecular flexibility index (Phi) is 11.8. The van der Waals surface area contributed by atoms with Crippen LogP contribution < -0.4 is 26.2 Å². The highest BCUT2D eigenvalue weighted by atomic mass is 16.5. The van der Waals surface area contributed by atoms with Crippen LogP contribution in [0.2, 0.25) is 0 Å². The van der Waals surface area contributed by atoms with E-state index in [1.54, 1.807) is 0 Å². The number of unbranched alkanes of at least 4 members (excludes halogenated alkanes) is 1. The molecule has 0 atom stereocenters. The Morgan fingerprint density at radius 2 is 1.40 bits per heavy atom. The highest BCUT2D eigenvalue weighted by molar-refractivity contribution is 6.38. The first kappa shape index (κ1) is 41.7. The number of aliphatic hydroxyl groups excluding tert-OH is 2. The van der Waals surface area contributed by atoms with Crippen LogP contribution in [0.25, 0.3) is 49.2 Å². The molecule has 0 spiro atoms. The number of nitrogens with one attached hydrogen (secondary N) is 2. The van der Waals surface area contributed by atoms with Crippen LogP contribution in [-0.4, -0.2) is 105 Å². The lowest BCUT2D eigenvalue weighted by molar-refractivity contribution is -0.872. The maximum atomic E-state index is 14.5. The van der Waals surface area contributed by atoms with E-state index in [-0.39, 0.29) is 34.0 Å². The largest absolute Gasteiger partial charge is 0.504 e. The lowest BCUT2D eigenvalue weighted by Crippen LogP contribution is -2.45. The van der Waals surface area contributed by atoms with Crippen molar-refractivity contribution in [3.05, 3.63) is 66.0 Å². The minimum absolute atomic E-state index is 0.0326. The van der Waals surface area contributed by atoms with Crippen molar-refractivity contribution in [1.29, 1.82) is 0 Å². The summed E-state index contributed by atoms with van der Waals surface area (Å²) in [6.07, 6.45) is 5.96. The summed E-state index contributed by atoms with van der Waals surface area (Å²) in [5.41, 5.74) is 3.85. The van der Waals surface area contributed by atoms with Crippen molar-refractivity contribution in [2.45, 2.75) is 71.5 Å². The third-order valence-electron chi connectivity index (χ3n) is 11.1. The average Bonchev–Trinajstić information content (AvgIpc) is 3.29. The number of allylic oxidation sites excluding steroid dienone is 1. The molecule has 0 aliphatic heterocycles. The molecule has 1 aliphatic rings. The van der Waals surface area contributed by atoms with Crippen molar-refractivity contribution in [1.82, 2.24) is 5.32 Å². The molecule has 5 aromatic rings. The van der Waals surface area contributed by atoms with Gasteiger partial charge in [0.25, 0.3) is 0 Å². The molecule has 12 nitrogen and oxygen atoms in total. The molecule has 1 aliphatic carbocycles. The molecule has 1 amide bonds. The molecule has 0 aromatic heterocycles. The van der Waals surface area contributed by atoms with Gasteiger partial charge in [0.05, 0.1) is 86.3 Å². The van der Waals surface area contributed by atoms with Crippen LogP contribution in [0.4, 0.5) is 5.69 Å². The Morgan fingerprint density at radius 1 is 0.772 bits per heavy atom. The van der Waals surface area contributed by atoms with Gasteiger partial charge in [-0.1, -0.05) is 11.6 Å². The van der Waals surface area contributed by atoms with E-state index in [9.17, 15) is 34.5 Å². The number of benzene rings is 5. The van der Waals surface area contributed by atoms with Crippen LogP contribution >= 0.6 is 0 Å². The Labute approximate surface area is 333 Å². The summed E-state index contributed by atoms with van der Waals surface area (Å²) in [5.74, 6) is 0.0295. The molecule has 5 aromatic carbocycles. The first-order valence-electron chi connectivity index (χ1n) is 19.9. The van der Waals surface area contributed by atoms with Gasteiger partial charge in [-0.25, -0.2) is 0 Å². The second-order valence-electron chi connectivity index (χ2n) is 17.8. The fraction of sp³-hybridized carbons (Fsp3) is 0.467. The monoisotopic (exact) mass is 782 g/mol. The number of ketones is 1. The number of phenolic OH excluding ortho intramolecular Hbond substituents is 1. The summed E-state index contributed by atoms with van der Waals surface area (Å²) >= 11 is 0. The SMILES string of the molecule is COc1c(O)c2c(=O)cc(CO)c3c4c(CO)cc(=O)c5c(NCCCC(=O)CC[N+](C)(C)C)c(CCCCC(=O)NC[N+](C)(C)C)c6c(c(c1CC(C)=C6)c23)c54. The minimum Gasteiger partial charge on any atom is -0.504 e. The number of carbonyl (C=O) groups is 2. The number of anilines is 1. The van der Waals surface area contributed by atoms with Gasteiger partial charge in [-0.2, -0.15) is 0 Å². The number of carbonyl (C=O) groups excluding carboxylic acids is 2. The first-order valence-corrected chi connectivity index (χ1v) is 19.9. The first-order chi connectivity index (χ1) is 26.9. The van der Waals surface area contributed by atoms with Gasteiger partial charge in [0, 0.05) is 41.4 Å². The second-order valence-corrected chi connectivity index (χ2v) is 17.8. The second kappa shape index (κ2) is 16.2. The number of hydrogen-bond donors (Lipinski definition) is 5. The molecule has 304 valence electrons. The van der Waals surface area contributed by atoms with Gasteiger partial charge in [0.2, 0.25) is 5.91 Å². The average molecular weight is 783 g/mol. The Balaban J connectivity index is 1.63. The van der Waals surface area contributed by atoms with Gasteiger partial charge in [-0.05, 0) is 95.0 Å². The van der Waals surface area contributed by atoms with Gasteiger partial charge in [0.1, 0.15) is 5.78 Å². The van der Waals surface area contributed by atoms with Gasteiger partial charge < -0.3 is 39.7 Å². The molecule has 57 heavy (non-hydrogen) atoms. The van der Waals surface area contributed by atoms with Gasteiger partial charge >= 0.3 is 0 Å². The third kappa shape index (κ3) is 8.14. The third-order valence-corrected chi connectivity index (χ3v) is 11.1. The predicted octanol–water partition coefficient (Wildman–Crippen LogP) is 4.90. The summed E-state index contributed by atoms with van der Waals surface area (Å²) in [7, 11) is 13.7. The fourth-order valence-electron chi connectivity index (χ4n) is 8.52. The van der Waals surface area contributed by atoms with Crippen LogP contribution in [0.1, 0.15) is 73.3 Å². The Morgan fingerprint density at radius 3 is 2.00 bits per heavy atom. The Bertz CT molecular complexity index is 2530. The minimum atomic E-state index is -0.485. The number of amides is 1. The van der Waals surface area contributed by atoms with Crippen LogP contribution in [0.3, 0.4) is 0 Å². The van der Waals surface area contributed by atoms with E-state index >= 15 is 0 Å². The van der Waals surface area contributed by atoms with E-state index in [4.69, 9.17) is 4.74 Å². The molecule has 0 unspecified atom stereocenters. The van der Waals surface area contributed by atoms with Crippen molar-refractivity contribution in [3.63, 3.8) is 0 Å². The summed E-state index contributed by atoms with van der Waals surface area (Å²) in [4.78, 5) is 54.1. The van der Waals surface area contributed by atoms with E-state index in [0.29, 0.717) is 134 Å². The smallest absolute Gasteiger partial charge is 0.224 e. The zero-order valence-corrected chi connectivity index (χ0v) is 34.7. The van der Waals surface area contributed by atoms with E-state index in [0.717, 1.165) is 23.2 Å². The number of phenols is 1. The highest BCUT2D eigenvalue weighted by Gasteiger charge is 2.32. The lowest BCUT2D eigenvalue weighted by atomic mass is 9.80. The maximum absolute atomic E-state index is 14.5. The number of quaternary nitrogens is 2. The van der Waals surface area contributed by atoms with Crippen molar-refractivity contribution < 1.29 is 38.6 Å². The predicted molar refractivity (Wildman–Crippen MR) is 228 cm³/mol. The number of aromatic hydroxyl groups is 1. The van der Waals surface area contributed by atoms with Crippen molar-refractivity contribution in [2.75, 3.05) is 74.5 Å². The van der Waals surface area contributed by atoms with Crippen molar-refractivity contribution in [2.24, 2.45) is 0 Å². The summed E-state index contributed by atoms with van der Waals surface area (Å²) in [6, 6.07) is 2.74. The molecular formula is C45H58N4O8+2. The number of Topliss-reactive ketones (excluding diaryl/α,β-unsaturated/α-hetero) is 1. The van der Waals surface area contributed by atoms with E-state index in [2.05, 4.69) is 37.9 Å². The number of nitrogens with zero attached hydrogens (tertiary/aromatic N) is 2. The standard InChI is InChI=1S/C45H56N4O8/c1-25-18-30-29(13-9-10-14-34(55)47-24-49(5,6)7)43(46-16-11-12-28(52)15-17-48(2,3)4)39-32(53)20-26(22-50)35-36-27(23-51)21-33(54)40-42(36)38(37(30)41(35)39)31(19-25)45(57-8)44(40)56/h18,20-21,50-51H,9-17,19,22-24H2,1-8H3,(H-2,46,47,53,54,55,56)/p+2. The molecule has 0 saturated carbocycles. The quantitative estimate of drug-likeness (QED) is 0.0274. The molecular weight excluding hydrogens is 725 g/mol. The van der Waals surface area contributed by atoms with Gasteiger partial charge in [-0.3, -0.25) is 19.2 Å². The number of fused-ring (bicyclic) bond motifs is 1. The summed E-state index contributed by atoms with van der Waals surface area (Å²) < 4.78 is 7.14. The van der Waals surface area contributed by atoms with Crippen LogP contribution in [0, 0.1) is 0 Å². The van der Waals surface area contributed by atoms with Gasteiger partial charge in [-0.15, -0.1) is 0 Å². The number of ether oxygens (including phenoxy) is 1. The zero-order valence-electron chi connectivity index (χ0n) is 34.7. The molecule has 5 N–H and O–H groups in total. The molecule has 0 saturated heterocycles. The molecule has 12 heteroatoms. The number of rotatable bonds is 18. The van der Waals surface area contributed by atoms with Crippen molar-refractivity contribution >= 4 is 66.5 Å². The normalized spacial score (nSPS) is 13.3. The summed E-state index contributed by atoms with van der Waals surface area (Å²) in [6.45, 7) is 2.70. The topological polar surface area (TPSA) is 162 Å². The molecule has 0 bridgehead atoms. The molecule has 0 fully saturated rings. The van der Waals surface area contributed by atoms with Gasteiger partial charge in [0.15, 0.2) is 29.0 Å². The van der Waals surface area contributed by atoms with E-state index in [1.165, 1.54) is 19.2 Å². The van der Waals surface area contributed by atoms with Crippen LogP contribution in [0.15, 0.2) is 27.3 Å². The lowest BCUT2D eigenvalue weighted by Gasteiger charge is -2.26.